The van der Waals surface area contributed by atoms with Crippen molar-refractivity contribution in [3.8, 4) is 5.75 Å². The third-order valence-corrected chi connectivity index (χ3v) is 1.72. The predicted octanol–water partition coefficient (Wildman–Crippen LogP) is 3.01. The van der Waals surface area contributed by atoms with E-state index in [1.54, 1.807) is 19.2 Å². The number of methoxy groups -OCH3 is 1. The molecule has 0 aliphatic rings. The molecule has 0 heterocycles. The van der Waals surface area contributed by atoms with Gasteiger partial charge in [0.25, 0.3) is 0 Å². The third kappa shape index (κ3) is 2.01. The molecule has 11 heavy (non-hydrogen) atoms. The van der Waals surface area contributed by atoms with Crippen LogP contribution in [-0.4, -0.2) is 7.11 Å². The van der Waals surface area contributed by atoms with Crippen LogP contribution in [0, 0.1) is 4.84 Å². The molecule has 0 aromatic heterocycles. The second-order valence-electron chi connectivity index (χ2n) is 1.96. The van der Waals surface area contributed by atoms with Gasteiger partial charge in [0.1, 0.15) is 5.75 Å². The van der Waals surface area contributed by atoms with E-state index in [0.29, 0.717) is 5.75 Å². The Morgan fingerprint density at radius 2 is 1.91 bits per heavy atom. The first-order valence-corrected chi connectivity index (χ1v) is 3.82. The Balaban J connectivity index is 3.02. The lowest BCUT2D eigenvalue weighted by Gasteiger charge is -2.06. The van der Waals surface area contributed by atoms with Crippen LogP contribution in [0.2, 0.25) is 0 Å². The van der Waals surface area contributed by atoms with Gasteiger partial charge in [0.2, 0.25) is 0 Å². The minimum atomic E-state index is 0.224. The molecule has 0 aliphatic heterocycles. The Morgan fingerprint density at radius 1 is 1.27 bits per heavy atom. The lowest BCUT2D eigenvalue weighted by Crippen LogP contribution is -1.90. The van der Waals surface area contributed by atoms with Gasteiger partial charge in [0, 0.05) is 5.56 Å². The molecule has 1 radical (unpaired) electrons. The van der Waals surface area contributed by atoms with Crippen LogP contribution in [0.25, 0.3) is 0 Å². The smallest absolute Gasteiger partial charge is 0.183 e. The summed E-state index contributed by atoms with van der Waals surface area (Å²) >= 11 is 11.2. The summed E-state index contributed by atoms with van der Waals surface area (Å²) in [5, 5.41) is 0. The largest absolute Gasteiger partial charge is 0.496 e. The summed E-state index contributed by atoms with van der Waals surface area (Å²) in [6.45, 7) is 0. The molecule has 0 unspecified atom stereocenters. The van der Waals surface area contributed by atoms with Crippen LogP contribution in [0.1, 0.15) is 5.56 Å². The number of rotatable bonds is 2. The second kappa shape index (κ2) is 3.84. The van der Waals surface area contributed by atoms with Crippen molar-refractivity contribution in [2.24, 2.45) is 0 Å². The van der Waals surface area contributed by atoms with E-state index in [2.05, 4.69) is 0 Å². The summed E-state index contributed by atoms with van der Waals surface area (Å²) < 4.78 is 5.02. The van der Waals surface area contributed by atoms with Gasteiger partial charge in [-0.05, 0) is 6.07 Å². The fourth-order valence-electron chi connectivity index (χ4n) is 0.801. The van der Waals surface area contributed by atoms with Gasteiger partial charge in [-0.1, -0.05) is 41.4 Å². The van der Waals surface area contributed by atoms with Crippen molar-refractivity contribution in [3.63, 3.8) is 0 Å². The van der Waals surface area contributed by atoms with E-state index in [1.165, 1.54) is 0 Å². The minimum Gasteiger partial charge on any atom is -0.496 e. The molecular formula is C8H7Cl2O. The molecule has 0 bridgehead atoms. The quantitative estimate of drug-likeness (QED) is 0.696. The van der Waals surface area contributed by atoms with E-state index in [-0.39, 0.29) is 4.84 Å². The van der Waals surface area contributed by atoms with Crippen LogP contribution in [-0.2, 0) is 0 Å². The summed E-state index contributed by atoms with van der Waals surface area (Å²) in [7, 11) is 1.58. The van der Waals surface area contributed by atoms with Crippen LogP contribution in [0.4, 0.5) is 0 Å². The van der Waals surface area contributed by atoms with Gasteiger partial charge in [0.15, 0.2) is 4.84 Å². The molecule has 0 amide bonds. The second-order valence-corrected chi connectivity index (χ2v) is 2.91. The first-order chi connectivity index (χ1) is 5.25. The highest BCUT2D eigenvalue weighted by molar-refractivity contribution is 6.54. The molecule has 0 fully saturated rings. The molecule has 59 valence electrons. The molecule has 0 saturated carbocycles. The zero-order valence-corrected chi connectivity index (χ0v) is 7.49. The zero-order chi connectivity index (χ0) is 8.27. The summed E-state index contributed by atoms with van der Waals surface area (Å²) in [5.41, 5.74) is 0.721. The van der Waals surface area contributed by atoms with E-state index in [0.717, 1.165) is 5.56 Å². The molecule has 0 N–H and O–H groups in total. The Kier molecular flexibility index (Phi) is 3.03. The molecule has 1 aromatic carbocycles. The lowest BCUT2D eigenvalue weighted by molar-refractivity contribution is 0.412. The zero-order valence-electron chi connectivity index (χ0n) is 5.97. The molecule has 1 nitrogen and oxygen atoms in total. The summed E-state index contributed by atoms with van der Waals surface area (Å²) in [6, 6.07) is 7.32. The highest BCUT2D eigenvalue weighted by Crippen LogP contribution is 2.30. The average Bonchev–Trinajstić information content (AvgIpc) is 2.04. The van der Waals surface area contributed by atoms with Crippen LogP contribution >= 0.6 is 23.2 Å². The van der Waals surface area contributed by atoms with Crippen molar-refractivity contribution in [1.29, 1.82) is 0 Å². The molecule has 3 heteroatoms. The third-order valence-electron chi connectivity index (χ3n) is 1.31. The topological polar surface area (TPSA) is 9.23 Å². The number of para-hydroxylation sites is 1. The molecule has 1 aromatic rings. The van der Waals surface area contributed by atoms with Crippen LogP contribution in [0.3, 0.4) is 0 Å². The van der Waals surface area contributed by atoms with Crippen molar-refractivity contribution >= 4 is 23.2 Å². The number of benzene rings is 1. The van der Waals surface area contributed by atoms with Gasteiger partial charge in [0.05, 0.1) is 7.11 Å². The summed E-state index contributed by atoms with van der Waals surface area (Å²) in [5.74, 6) is 0.688. The minimum absolute atomic E-state index is 0.224. The Bertz CT molecular complexity index is 235. The first-order valence-electron chi connectivity index (χ1n) is 3.07. The van der Waals surface area contributed by atoms with Gasteiger partial charge in [-0.25, -0.2) is 0 Å². The Labute approximate surface area is 75.9 Å². The monoisotopic (exact) mass is 189 g/mol. The maximum absolute atomic E-state index is 5.59. The molecule has 0 spiro atoms. The van der Waals surface area contributed by atoms with Crippen molar-refractivity contribution in [3.05, 3.63) is 34.7 Å². The van der Waals surface area contributed by atoms with Gasteiger partial charge in [-0.3, -0.25) is 0 Å². The predicted molar refractivity (Wildman–Crippen MR) is 47.0 cm³/mol. The fraction of sp³-hybridized carbons (Fsp3) is 0.125. The molecule has 0 atom stereocenters. The lowest BCUT2D eigenvalue weighted by atomic mass is 10.2. The fourth-order valence-corrected chi connectivity index (χ4v) is 1.11. The molecule has 0 aliphatic carbocycles. The molecule has 0 saturated heterocycles. The highest BCUT2D eigenvalue weighted by Gasteiger charge is 2.09. The van der Waals surface area contributed by atoms with Crippen LogP contribution < -0.4 is 4.74 Å². The standard InChI is InChI=1S/C8H7Cl2O/c1-11-7-5-3-2-4-6(7)8(9)10/h2-5H,1H3. The van der Waals surface area contributed by atoms with Crippen molar-refractivity contribution in [2.45, 2.75) is 0 Å². The maximum atomic E-state index is 5.59. The maximum Gasteiger partial charge on any atom is 0.183 e. The van der Waals surface area contributed by atoms with E-state index in [1.807, 2.05) is 12.1 Å². The van der Waals surface area contributed by atoms with Crippen molar-refractivity contribution in [2.75, 3.05) is 7.11 Å². The van der Waals surface area contributed by atoms with Crippen molar-refractivity contribution < 1.29 is 4.74 Å². The normalized spacial score (nSPS) is 10.2. The van der Waals surface area contributed by atoms with E-state index >= 15 is 0 Å². The molecule has 1 rings (SSSR count). The van der Waals surface area contributed by atoms with Crippen LogP contribution in [0.5, 0.6) is 5.75 Å². The summed E-state index contributed by atoms with van der Waals surface area (Å²) in [6.07, 6.45) is 0. The van der Waals surface area contributed by atoms with E-state index in [4.69, 9.17) is 27.9 Å². The van der Waals surface area contributed by atoms with Crippen LogP contribution in [0.15, 0.2) is 24.3 Å². The average molecular weight is 190 g/mol. The first kappa shape index (κ1) is 8.69. The number of hydrogen-bond acceptors (Lipinski definition) is 1. The molecular weight excluding hydrogens is 183 g/mol. The Morgan fingerprint density at radius 3 is 2.36 bits per heavy atom. The summed E-state index contributed by atoms with van der Waals surface area (Å²) in [4.78, 5) is 0.224. The highest BCUT2D eigenvalue weighted by atomic mass is 35.5. The number of ether oxygens (including phenoxy) is 1. The van der Waals surface area contributed by atoms with E-state index in [9.17, 15) is 0 Å². The van der Waals surface area contributed by atoms with Gasteiger partial charge < -0.3 is 4.74 Å². The number of hydrogen-bond donors (Lipinski definition) is 0. The van der Waals surface area contributed by atoms with E-state index < -0.39 is 0 Å². The van der Waals surface area contributed by atoms with Gasteiger partial charge in [-0.15, -0.1) is 0 Å². The SMILES string of the molecule is COc1ccccc1[C](Cl)Cl. The number of halogens is 2. The Hall–Kier alpha value is -0.400. The van der Waals surface area contributed by atoms with Gasteiger partial charge in [-0.2, -0.15) is 0 Å². The van der Waals surface area contributed by atoms with Crippen molar-refractivity contribution in [1.82, 2.24) is 0 Å². The van der Waals surface area contributed by atoms with Gasteiger partial charge >= 0.3 is 0 Å².